The second kappa shape index (κ2) is 5.01. The van der Waals surface area contributed by atoms with E-state index >= 15 is 0 Å². The summed E-state index contributed by atoms with van der Waals surface area (Å²) in [5.74, 6) is 5.02. The second-order valence-electron chi connectivity index (χ2n) is 2.87. The van der Waals surface area contributed by atoms with Gasteiger partial charge in [-0.15, -0.1) is 0 Å². The molecule has 0 fully saturated rings. The largest absolute Gasteiger partial charge is 0.303 e. The highest BCUT2D eigenvalue weighted by Gasteiger charge is 2.00. The molecule has 0 saturated heterocycles. The smallest absolute Gasteiger partial charge is 0.0665 e. The Bertz CT molecular complexity index is 332. The highest BCUT2D eigenvalue weighted by molar-refractivity contribution is 5.49. The second-order valence-corrected chi connectivity index (χ2v) is 2.87. The van der Waals surface area contributed by atoms with Crippen LogP contribution >= 0.6 is 0 Å². The van der Waals surface area contributed by atoms with E-state index in [1.165, 1.54) is 5.56 Å². The molecule has 1 rings (SSSR count). The standard InChI is InChI=1S/C10H14N4/c1-3-7-14(13-12-11)10-6-4-5-9(2)8-10/h3-8H,1-2H3,(H2,11,13)/b7-3-. The Balaban J connectivity index is 2.98. The minimum atomic E-state index is 0.942. The van der Waals surface area contributed by atoms with Gasteiger partial charge in [0.25, 0.3) is 0 Å². The topological polar surface area (TPSA) is 54.0 Å². The maximum Gasteiger partial charge on any atom is 0.0665 e. The average Bonchev–Trinajstić information content (AvgIpc) is 2.17. The first-order chi connectivity index (χ1) is 6.77. The summed E-state index contributed by atoms with van der Waals surface area (Å²) in [5.41, 5.74) is 2.11. The number of nitrogens with two attached hydrogens (primary N) is 1. The zero-order valence-electron chi connectivity index (χ0n) is 8.38. The number of hydrogen-bond donors (Lipinski definition) is 1. The molecule has 0 saturated carbocycles. The van der Waals surface area contributed by atoms with E-state index in [4.69, 9.17) is 5.84 Å². The number of rotatable bonds is 3. The SMILES string of the molecule is C/C=C\N(/N=N\N)c1cccc(C)c1. The van der Waals surface area contributed by atoms with Crippen molar-refractivity contribution in [3.8, 4) is 0 Å². The third-order valence-electron chi connectivity index (χ3n) is 1.70. The van der Waals surface area contributed by atoms with Crippen LogP contribution in [0.3, 0.4) is 0 Å². The highest BCUT2D eigenvalue weighted by atomic mass is 15.6. The molecule has 0 radical (unpaired) electrons. The molecule has 4 heteroatoms. The van der Waals surface area contributed by atoms with Crippen LogP contribution in [0.1, 0.15) is 12.5 Å². The summed E-state index contributed by atoms with van der Waals surface area (Å²) in [6, 6.07) is 7.94. The van der Waals surface area contributed by atoms with Crippen LogP contribution in [0.15, 0.2) is 47.0 Å². The van der Waals surface area contributed by atoms with Gasteiger partial charge in [0.1, 0.15) is 0 Å². The van der Waals surface area contributed by atoms with Gasteiger partial charge in [-0.1, -0.05) is 23.4 Å². The molecule has 0 aromatic heterocycles. The third-order valence-corrected chi connectivity index (χ3v) is 1.70. The minimum Gasteiger partial charge on any atom is -0.303 e. The first kappa shape index (κ1) is 10.2. The summed E-state index contributed by atoms with van der Waals surface area (Å²) in [6.07, 6.45) is 3.67. The minimum absolute atomic E-state index is 0.942. The normalized spacial score (nSPS) is 11.3. The predicted molar refractivity (Wildman–Crippen MR) is 57.5 cm³/mol. The van der Waals surface area contributed by atoms with Crippen molar-refractivity contribution in [2.24, 2.45) is 16.3 Å². The van der Waals surface area contributed by atoms with E-state index in [-0.39, 0.29) is 0 Å². The van der Waals surface area contributed by atoms with Crippen LogP contribution in [0.25, 0.3) is 0 Å². The maximum atomic E-state index is 5.02. The van der Waals surface area contributed by atoms with Crippen molar-refractivity contribution in [3.05, 3.63) is 42.1 Å². The van der Waals surface area contributed by atoms with E-state index in [0.717, 1.165) is 5.69 Å². The van der Waals surface area contributed by atoms with Crippen molar-refractivity contribution >= 4 is 5.69 Å². The fraction of sp³-hybridized carbons (Fsp3) is 0.200. The molecule has 1 aromatic rings. The van der Waals surface area contributed by atoms with Crippen molar-refractivity contribution in [1.29, 1.82) is 0 Å². The van der Waals surface area contributed by atoms with Gasteiger partial charge in [0.05, 0.1) is 5.69 Å². The zero-order chi connectivity index (χ0) is 10.4. The Morgan fingerprint density at radius 3 is 2.79 bits per heavy atom. The molecule has 14 heavy (non-hydrogen) atoms. The van der Waals surface area contributed by atoms with E-state index in [1.54, 1.807) is 11.2 Å². The Hall–Kier alpha value is -1.84. The predicted octanol–water partition coefficient (Wildman–Crippen LogP) is 2.58. The lowest BCUT2D eigenvalue weighted by atomic mass is 10.2. The zero-order valence-corrected chi connectivity index (χ0v) is 8.38. The van der Waals surface area contributed by atoms with Crippen LogP contribution in [0, 0.1) is 6.92 Å². The first-order valence-corrected chi connectivity index (χ1v) is 4.37. The maximum absolute atomic E-state index is 5.02. The van der Waals surface area contributed by atoms with Crippen LogP contribution in [0.4, 0.5) is 5.69 Å². The molecular formula is C10H14N4. The summed E-state index contributed by atoms with van der Waals surface area (Å²) >= 11 is 0. The molecule has 0 atom stereocenters. The molecular weight excluding hydrogens is 176 g/mol. The number of benzene rings is 1. The summed E-state index contributed by atoms with van der Waals surface area (Å²) in [7, 11) is 0. The van der Waals surface area contributed by atoms with E-state index in [9.17, 15) is 0 Å². The Kier molecular flexibility index (Phi) is 3.67. The Morgan fingerprint density at radius 1 is 1.43 bits per heavy atom. The van der Waals surface area contributed by atoms with Gasteiger partial charge in [-0.05, 0) is 36.8 Å². The molecule has 4 nitrogen and oxygen atoms in total. The van der Waals surface area contributed by atoms with Crippen molar-refractivity contribution in [2.75, 3.05) is 5.01 Å². The van der Waals surface area contributed by atoms with Gasteiger partial charge in [0.15, 0.2) is 0 Å². The number of hydrogen-bond acceptors (Lipinski definition) is 2. The fourth-order valence-corrected chi connectivity index (χ4v) is 1.13. The van der Waals surface area contributed by atoms with Gasteiger partial charge in [0, 0.05) is 6.20 Å². The monoisotopic (exact) mass is 190 g/mol. The van der Waals surface area contributed by atoms with Gasteiger partial charge in [-0.2, -0.15) is 0 Å². The van der Waals surface area contributed by atoms with Crippen molar-refractivity contribution in [2.45, 2.75) is 13.8 Å². The average molecular weight is 190 g/mol. The van der Waals surface area contributed by atoms with Gasteiger partial charge in [0.2, 0.25) is 0 Å². The van der Waals surface area contributed by atoms with E-state index in [1.807, 2.05) is 44.2 Å². The van der Waals surface area contributed by atoms with Crippen LogP contribution < -0.4 is 10.9 Å². The van der Waals surface area contributed by atoms with Gasteiger partial charge >= 0.3 is 0 Å². The number of anilines is 1. The van der Waals surface area contributed by atoms with Crippen LogP contribution in [-0.4, -0.2) is 0 Å². The lowest BCUT2D eigenvalue weighted by molar-refractivity contribution is 0.897. The molecule has 0 amide bonds. The highest BCUT2D eigenvalue weighted by Crippen LogP contribution is 2.16. The molecule has 1 aromatic carbocycles. The van der Waals surface area contributed by atoms with Crippen molar-refractivity contribution < 1.29 is 0 Å². The van der Waals surface area contributed by atoms with Gasteiger partial charge in [-0.25, -0.2) is 5.01 Å². The lowest BCUT2D eigenvalue weighted by Gasteiger charge is -2.12. The molecule has 0 aliphatic heterocycles. The quantitative estimate of drug-likeness (QED) is 0.452. The summed E-state index contributed by atoms with van der Waals surface area (Å²) in [5, 5.41) is 8.65. The Morgan fingerprint density at radius 2 is 2.21 bits per heavy atom. The van der Waals surface area contributed by atoms with E-state index < -0.39 is 0 Å². The number of aryl methyl sites for hydroxylation is 1. The lowest BCUT2D eigenvalue weighted by Crippen LogP contribution is -2.07. The van der Waals surface area contributed by atoms with Crippen LogP contribution in [0.5, 0.6) is 0 Å². The van der Waals surface area contributed by atoms with Crippen molar-refractivity contribution in [1.82, 2.24) is 0 Å². The summed E-state index contributed by atoms with van der Waals surface area (Å²) in [4.78, 5) is 0. The number of allylic oxidation sites excluding steroid dienone is 1. The van der Waals surface area contributed by atoms with Crippen molar-refractivity contribution in [3.63, 3.8) is 0 Å². The molecule has 0 spiro atoms. The fourth-order valence-electron chi connectivity index (χ4n) is 1.13. The van der Waals surface area contributed by atoms with E-state index in [0.29, 0.717) is 0 Å². The summed E-state index contributed by atoms with van der Waals surface area (Å²) in [6.45, 7) is 3.94. The molecule has 0 bridgehead atoms. The molecule has 2 N–H and O–H groups in total. The van der Waals surface area contributed by atoms with Crippen LogP contribution in [0.2, 0.25) is 0 Å². The molecule has 0 heterocycles. The molecule has 0 aliphatic rings. The Labute approximate surface area is 83.7 Å². The molecule has 0 aliphatic carbocycles. The van der Waals surface area contributed by atoms with Gasteiger partial charge < -0.3 is 5.84 Å². The first-order valence-electron chi connectivity index (χ1n) is 4.37. The molecule has 0 unspecified atom stereocenters. The molecule has 74 valence electrons. The summed E-state index contributed by atoms with van der Waals surface area (Å²) < 4.78 is 0. The van der Waals surface area contributed by atoms with E-state index in [2.05, 4.69) is 10.4 Å². The van der Waals surface area contributed by atoms with Crippen LogP contribution in [-0.2, 0) is 0 Å². The third kappa shape index (κ3) is 2.58. The number of nitrogens with zero attached hydrogens (tertiary/aromatic N) is 3. The van der Waals surface area contributed by atoms with Gasteiger partial charge in [-0.3, -0.25) is 0 Å².